The number of benzene rings is 2. The van der Waals surface area contributed by atoms with E-state index in [1.54, 1.807) is 37.4 Å². The lowest BCUT2D eigenvalue weighted by Crippen LogP contribution is -2.26. The maximum atomic E-state index is 13.7. The molecule has 5 nitrogen and oxygen atoms in total. The molecule has 2 aromatic carbocycles. The third kappa shape index (κ3) is 4.32. The van der Waals surface area contributed by atoms with Crippen molar-refractivity contribution in [1.29, 1.82) is 0 Å². The van der Waals surface area contributed by atoms with Gasteiger partial charge in [-0.05, 0) is 35.9 Å². The van der Waals surface area contributed by atoms with E-state index in [0.29, 0.717) is 16.8 Å². The molecule has 2 amide bonds. The predicted octanol–water partition coefficient (Wildman–Crippen LogP) is 3.06. The van der Waals surface area contributed by atoms with Crippen LogP contribution in [-0.4, -0.2) is 30.9 Å². The number of nitrogens with zero attached hydrogens (tertiary/aromatic N) is 1. The number of halogens is 1. The van der Waals surface area contributed by atoms with Crippen molar-refractivity contribution in [2.24, 2.45) is 0 Å². The van der Waals surface area contributed by atoms with Gasteiger partial charge >= 0.3 is 0 Å². The van der Waals surface area contributed by atoms with Crippen LogP contribution in [0.15, 0.2) is 42.5 Å². The third-order valence-electron chi connectivity index (χ3n) is 3.41. The van der Waals surface area contributed by atoms with Crippen LogP contribution >= 0.6 is 0 Å². The summed E-state index contributed by atoms with van der Waals surface area (Å²) in [6, 6.07) is 11.3. The Bertz CT molecular complexity index is 762. The molecule has 24 heavy (non-hydrogen) atoms. The predicted molar refractivity (Wildman–Crippen MR) is 89.5 cm³/mol. The SMILES string of the molecule is COc1ccc(CN(C)C(=O)c2cccc(NC(C)=O)c2)cc1F. The van der Waals surface area contributed by atoms with E-state index in [1.807, 2.05) is 0 Å². The summed E-state index contributed by atoms with van der Waals surface area (Å²) in [5, 5.41) is 2.64. The van der Waals surface area contributed by atoms with Gasteiger partial charge in [0.05, 0.1) is 7.11 Å². The normalized spacial score (nSPS) is 10.2. The van der Waals surface area contributed by atoms with Crippen molar-refractivity contribution in [3.8, 4) is 5.75 Å². The molecular formula is C18H19FN2O3. The fourth-order valence-corrected chi connectivity index (χ4v) is 2.31. The molecule has 0 saturated carbocycles. The summed E-state index contributed by atoms with van der Waals surface area (Å²) in [6.45, 7) is 1.66. The minimum atomic E-state index is -0.469. The maximum absolute atomic E-state index is 13.7. The van der Waals surface area contributed by atoms with Crippen LogP contribution in [0.4, 0.5) is 10.1 Å². The second-order valence-corrected chi connectivity index (χ2v) is 5.39. The Morgan fingerprint density at radius 3 is 2.58 bits per heavy atom. The van der Waals surface area contributed by atoms with E-state index in [1.165, 1.54) is 31.1 Å². The Labute approximate surface area is 140 Å². The van der Waals surface area contributed by atoms with Gasteiger partial charge in [0.1, 0.15) is 0 Å². The minimum absolute atomic E-state index is 0.163. The van der Waals surface area contributed by atoms with E-state index in [0.717, 1.165) is 0 Å². The van der Waals surface area contributed by atoms with Gasteiger partial charge in [-0.2, -0.15) is 0 Å². The lowest BCUT2D eigenvalue weighted by Gasteiger charge is -2.18. The number of methoxy groups -OCH3 is 1. The van der Waals surface area contributed by atoms with Crippen LogP contribution in [-0.2, 0) is 11.3 Å². The zero-order valence-electron chi connectivity index (χ0n) is 13.8. The summed E-state index contributed by atoms with van der Waals surface area (Å²) in [6.07, 6.45) is 0. The molecule has 0 fully saturated rings. The Balaban J connectivity index is 2.12. The zero-order valence-corrected chi connectivity index (χ0v) is 13.8. The Morgan fingerprint density at radius 2 is 1.96 bits per heavy atom. The molecule has 0 bridgehead atoms. The second kappa shape index (κ2) is 7.59. The molecule has 1 N–H and O–H groups in total. The molecule has 0 atom stereocenters. The second-order valence-electron chi connectivity index (χ2n) is 5.39. The van der Waals surface area contributed by atoms with Gasteiger partial charge in [0.2, 0.25) is 5.91 Å². The zero-order chi connectivity index (χ0) is 17.7. The van der Waals surface area contributed by atoms with E-state index < -0.39 is 5.82 Å². The Morgan fingerprint density at radius 1 is 1.21 bits per heavy atom. The molecule has 126 valence electrons. The highest BCUT2D eigenvalue weighted by Gasteiger charge is 2.14. The first-order valence-corrected chi connectivity index (χ1v) is 7.36. The van der Waals surface area contributed by atoms with Gasteiger partial charge in [0, 0.05) is 31.8 Å². The topological polar surface area (TPSA) is 58.6 Å². The van der Waals surface area contributed by atoms with Crippen molar-refractivity contribution in [2.75, 3.05) is 19.5 Å². The highest BCUT2D eigenvalue weighted by Crippen LogP contribution is 2.19. The molecule has 0 saturated heterocycles. The summed E-state index contributed by atoms with van der Waals surface area (Å²) in [5.41, 5.74) is 1.65. The number of amides is 2. The number of hydrogen-bond acceptors (Lipinski definition) is 3. The van der Waals surface area contributed by atoms with E-state index in [2.05, 4.69) is 5.32 Å². The van der Waals surface area contributed by atoms with E-state index in [4.69, 9.17) is 4.74 Å². The van der Waals surface area contributed by atoms with Crippen LogP contribution in [0.5, 0.6) is 5.75 Å². The molecule has 0 aliphatic rings. The van der Waals surface area contributed by atoms with Crippen LogP contribution in [0, 0.1) is 5.82 Å². The van der Waals surface area contributed by atoms with Crippen LogP contribution in [0.3, 0.4) is 0 Å². The summed E-state index contributed by atoms with van der Waals surface area (Å²) >= 11 is 0. The van der Waals surface area contributed by atoms with Crippen molar-refractivity contribution < 1.29 is 18.7 Å². The van der Waals surface area contributed by atoms with Gasteiger partial charge < -0.3 is 15.0 Å². The molecule has 0 radical (unpaired) electrons. The van der Waals surface area contributed by atoms with E-state index in [9.17, 15) is 14.0 Å². The molecule has 0 spiro atoms. The smallest absolute Gasteiger partial charge is 0.253 e. The Hall–Kier alpha value is -2.89. The van der Waals surface area contributed by atoms with Gasteiger partial charge in [0.15, 0.2) is 11.6 Å². The minimum Gasteiger partial charge on any atom is -0.494 e. The molecule has 0 unspecified atom stereocenters. The van der Waals surface area contributed by atoms with E-state index in [-0.39, 0.29) is 24.1 Å². The van der Waals surface area contributed by atoms with Crippen molar-refractivity contribution in [3.63, 3.8) is 0 Å². The first-order chi connectivity index (χ1) is 11.4. The van der Waals surface area contributed by atoms with Crippen molar-refractivity contribution in [3.05, 3.63) is 59.4 Å². The molecule has 0 aliphatic heterocycles. The number of carbonyl (C=O) groups is 2. The summed E-state index contributed by atoms with van der Waals surface area (Å²) < 4.78 is 18.6. The van der Waals surface area contributed by atoms with E-state index >= 15 is 0 Å². The van der Waals surface area contributed by atoms with Gasteiger partial charge in [-0.1, -0.05) is 12.1 Å². The lowest BCUT2D eigenvalue weighted by molar-refractivity contribution is -0.114. The number of ether oxygens (including phenoxy) is 1. The molecule has 6 heteroatoms. The van der Waals surface area contributed by atoms with Gasteiger partial charge in [-0.25, -0.2) is 4.39 Å². The largest absolute Gasteiger partial charge is 0.494 e. The third-order valence-corrected chi connectivity index (χ3v) is 3.41. The van der Waals surface area contributed by atoms with Crippen LogP contribution in [0.25, 0.3) is 0 Å². The number of nitrogens with one attached hydrogen (secondary N) is 1. The lowest BCUT2D eigenvalue weighted by atomic mass is 10.1. The van der Waals surface area contributed by atoms with Crippen molar-refractivity contribution in [2.45, 2.75) is 13.5 Å². The summed E-state index contributed by atoms with van der Waals surface area (Å²) in [7, 11) is 3.03. The van der Waals surface area contributed by atoms with Gasteiger partial charge in [0.25, 0.3) is 5.91 Å². The van der Waals surface area contributed by atoms with Crippen LogP contribution < -0.4 is 10.1 Å². The number of anilines is 1. The van der Waals surface area contributed by atoms with Crippen molar-refractivity contribution in [1.82, 2.24) is 4.90 Å². The highest BCUT2D eigenvalue weighted by atomic mass is 19.1. The first kappa shape index (κ1) is 17.5. The summed E-state index contributed by atoms with van der Waals surface area (Å²) in [5.74, 6) is -0.737. The fraction of sp³-hybridized carbons (Fsp3) is 0.222. The Kier molecular flexibility index (Phi) is 5.52. The molecular weight excluding hydrogens is 311 g/mol. The highest BCUT2D eigenvalue weighted by molar-refractivity contribution is 5.96. The number of rotatable bonds is 5. The van der Waals surface area contributed by atoms with Crippen molar-refractivity contribution >= 4 is 17.5 Å². The van der Waals surface area contributed by atoms with Gasteiger partial charge in [-0.15, -0.1) is 0 Å². The maximum Gasteiger partial charge on any atom is 0.253 e. The number of hydrogen-bond donors (Lipinski definition) is 1. The summed E-state index contributed by atoms with van der Waals surface area (Å²) in [4.78, 5) is 25.1. The monoisotopic (exact) mass is 330 g/mol. The fourth-order valence-electron chi connectivity index (χ4n) is 2.31. The molecule has 0 heterocycles. The first-order valence-electron chi connectivity index (χ1n) is 7.36. The average molecular weight is 330 g/mol. The molecule has 2 rings (SSSR count). The average Bonchev–Trinajstić information content (AvgIpc) is 2.54. The molecule has 0 aromatic heterocycles. The number of carbonyl (C=O) groups excluding carboxylic acids is 2. The standard InChI is InChI=1S/C18H19FN2O3/c1-12(22)20-15-6-4-5-14(10-15)18(23)21(2)11-13-7-8-17(24-3)16(19)9-13/h4-10H,11H2,1-3H3,(H,20,22). The van der Waals surface area contributed by atoms with Gasteiger partial charge in [-0.3, -0.25) is 9.59 Å². The molecule has 0 aliphatic carbocycles. The quantitative estimate of drug-likeness (QED) is 0.916. The molecule has 2 aromatic rings. The van der Waals surface area contributed by atoms with Crippen LogP contribution in [0.2, 0.25) is 0 Å². The van der Waals surface area contributed by atoms with Crippen LogP contribution in [0.1, 0.15) is 22.8 Å².